The third kappa shape index (κ3) is 4.26. The SMILES string of the molecule is Cc1cc(C)n(-c2cc(N3CCN(C(=O)c4ccc(I)cc4)CC3)nc(C)n2)n1. The van der Waals surface area contributed by atoms with Gasteiger partial charge >= 0.3 is 0 Å². The van der Waals surface area contributed by atoms with E-state index in [0.29, 0.717) is 18.9 Å². The van der Waals surface area contributed by atoms with Gasteiger partial charge in [0.25, 0.3) is 5.91 Å². The molecule has 0 atom stereocenters. The fraction of sp³-hybridized carbons (Fsp3) is 0.333. The Balaban J connectivity index is 1.49. The first kappa shape index (κ1) is 19.8. The quantitative estimate of drug-likeness (QED) is 0.515. The lowest BCUT2D eigenvalue weighted by atomic mass is 10.2. The number of piperazine rings is 1. The van der Waals surface area contributed by atoms with Crippen LogP contribution in [0, 0.1) is 24.3 Å². The minimum Gasteiger partial charge on any atom is -0.353 e. The number of hydrogen-bond acceptors (Lipinski definition) is 5. The van der Waals surface area contributed by atoms with Gasteiger partial charge in [-0.1, -0.05) is 0 Å². The van der Waals surface area contributed by atoms with Crippen molar-refractivity contribution >= 4 is 34.3 Å². The molecule has 3 aromatic rings. The monoisotopic (exact) mass is 502 g/mol. The topological polar surface area (TPSA) is 67.2 Å². The van der Waals surface area contributed by atoms with Gasteiger partial charge in [-0.3, -0.25) is 4.79 Å². The van der Waals surface area contributed by atoms with E-state index in [0.717, 1.165) is 45.2 Å². The average molecular weight is 502 g/mol. The van der Waals surface area contributed by atoms with Crippen LogP contribution >= 0.6 is 22.6 Å². The van der Waals surface area contributed by atoms with Gasteiger partial charge < -0.3 is 9.80 Å². The highest BCUT2D eigenvalue weighted by Crippen LogP contribution is 2.19. The number of carbonyl (C=O) groups excluding carboxylic acids is 1. The number of aryl methyl sites for hydroxylation is 3. The zero-order valence-electron chi connectivity index (χ0n) is 16.8. The molecular formula is C21H23IN6O. The van der Waals surface area contributed by atoms with E-state index in [1.807, 2.05) is 66.8 Å². The van der Waals surface area contributed by atoms with Crippen LogP contribution in [0.1, 0.15) is 27.6 Å². The van der Waals surface area contributed by atoms with E-state index in [9.17, 15) is 4.79 Å². The summed E-state index contributed by atoms with van der Waals surface area (Å²) >= 11 is 2.25. The van der Waals surface area contributed by atoms with Crippen molar-refractivity contribution in [3.8, 4) is 5.82 Å². The van der Waals surface area contributed by atoms with Crippen LogP contribution in [0.25, 0.3) is 5.82 Å². The molecule has 0 saturated carbocycles. The molecule has 0 unspecified atom stereocenters. The molecule has 0 radical (unpaired) electrons. The number of nitrogens with zero attached hydrogens (tertiary/aromatic N) is 6. The summed E-state index contributed by atoms with van der Waals surface area (Å²) in [6, 6.07) is 11.7. The van der Waals surface area contributed by atoms with Crippen LogP contribution < -0.4 is 4.90 Å². The van der Waals surface area contributed by atoms with Crippen LogP contribution in [-0.4, -0.2) is 56.7 Å². The van der Waals surface area contributed by atoms with Crippen molar-refractivity contribution in [2.45, 2.75) is 20.8 Å². The minimum atomic E-state index is 0.0863. The van der Waals surface area contributed by atoms with Crippen LogP contribution in [0.5, 0.6) is 0 Å². The summed E-state index contributed by atoms with van der Waals surface area (Å²) in [6.45, 7) is 8.71. The first-order chi connectivity index (χ1) is 13.9. The zero-order chi connectivity index (χ0) is 20.5. The van der Waals surface area contributed by atoms with E-state index in [4.69, 9.17) is 0 Å². The van der Waals surface area contributed by atoms with E-state index >= 15 is 0 Å². The molecule has 1 aromatic carbocycles. The second-order valence-corrected chi connectivity index (χ2v) is 8.50. The van der Waals surface area contributed by atoms with Crippen molar-refractivity contribution in [3.63, 3.8) is 0 Å². The van der Waals surface area contributed by atoms with Crippen molar-refractivity contribution in [1.82, 2.24) is 24.6 Å². The van der Waals surface area contributed by atoms with Gasteiger partial charge in [-0.05, 0) is 73.7 Å². The molecule has 1 aliphatic rings. The second kappa shape index (κ2) is 8.10. The fourth-order valence-corrected chi connectivity index (χ4v) is 3.94. The van der Waals surface area contributed by atoms with Crippen molar-refractivity contribution in [2.75, 3.05) is 31.1 Å². The van der Waals surface area contributed by atoms with E-state index in [1.54, 1.807) is 0 Å². The first-order valence-corrected chi connectivity index (χ1v) is 10.7. The van der Waals surface area contributed by atoms with Gasteiger partial charge in [-0.15, -0.1) is 0 Å². The van der Waals surface area contributed by atoms with E-state index < -0.39 is 0 Å². The maximum absolute atomic E-state index is 12.8. The summed E-state index contributed by atoms with van der Waals surface area (Å²) in [4.78, 5) is 26.1. The number of anilines is 1. The summed E-state index contributed by atoms with van der Waals surface area (Å²) in [6.07, 6.45) is 0. The number of rotatable bonds is 3. The molecule has 1 fully saturated rings. The largest absolute Gasteiger partial charge is 0.353 e. The Bertz CT molecular complexity index is 1040. The Morgan fingerprint density at radius 3 is 2.21 bits per heavy atom. The Morgan fingerprint density at radius 2 is 1.59 bits per heavy atom. The number of benzene rings is 1. The number of amides is 1. The molecule has 0 N–H and O–H groups in total. The molecule has 7 nitrogen and oxygen atoms in total. The summed E-state index contributed by atoms with van der Waals surface area (Å²) < 4.78 is 2.98. The molecule has 8 heteroatoms. The lowest BCUT2D eigenvalue weighted by Crippen LogP contribution is -2.49. The van der Waals surface area contributed by atoms with Gasteiger partial charge in [0.2, 0.25) is 0 Å². The van der Waals surface area contributed by atoms with Gasteiger partial charge in [0, 0.05) is 47.1 Å². The van der Waals surface area contributed by atoms with E-state index in [1.165, 1.54) is 0 Å². The molecule has 0 bridgehead atoms. The Morgan fingerprint density at radius 1 is 0.931 bits per heavy atom. The highest BCUT2D eigenvalue weighted by atomic mass is 127. The van der Waals surface area contributed by atoms with Gasteiger partial charge in [0.15, 0.2) is 5.82 Å². The van der Waals surface area contributed by atoms with Crippen LogP contribution in [-0.2, 0) is 0 Å². The summed E-state index contributed by atoms with van der Waals surface area (Å²) in [5, 5.41) is 4.54. The predicted octanol–water partition coefficient (Wildman–Crippen LogP) is 3.15. The second-order valence-electron chi connectivity index (χ2n) is 7.26. The summed E-state index contributed by atoms with van der Waals surface area (Å²) in [7, 11) is 0. The third-order valence-corrected chi connectivity index (χ3v) is 5.74. The van der Waals surface area contributed by atoms with Gasteiger partial charge in [-0.2, -0.15) is 5.10 Å². The molecular weight excluding hydrogens is 479 g/mol. The molecule has 2 aromatic heterocycles. The number of halogens is 1. The Hall–Kier alpha value is -2.49. The average Bonchev–Trinajstić information content (AvgIpc) is 3.06. The third-order valence-electron chi connectivity index (χ3n) is 5.02. The Kier molecular flexibility index (Phi) is 5.53. The van der Waals surface area contributed by atoms with Crippen molar-refractivity contribution in [2.24, 2.45) is 0 Å². The molecule has 1 saturated heterocycles. The molecule has 3 heterocycles. The van der Waals surface area contributed by atoms with Crippen LogP contribution in [0.4, 0.5) is 5.82 Å². The molecule has 0 spiro atoms. The highest BCUT2D eigenvalue weighted by molar-refractivity contribution is 14.1. The van der Waals surface area contributed by atoms with Crippen molar-refractivity contribution in [3.05, 3.63) is 62.7 Å². The van der Waals surface area contributed by atoms with Crippen LogP contribution in [0.15, 0.2) is 36.4 Å². The minimum absolute atomic E-state index is 0.0863. The lowest BCUT2D eigenvalue weighted by molar-refractivity contribution is 0.0746. The molecule has 29 heavy (non-hydrogen) atoms. The summed E-state index contributed by atoms with van der Waals surface area (Å²) in [5.41, 5.74) is 2.74. The Labute approximate surface area is 183 Å². The van der Waals surface area contributed by atoms with Crippen molar-refractivity contribution < 1.29 is 4.79 Å². The van der Waals surface area contributed by atoms with Crippen LogP contribution in [0.2, 0.25) is 0 Å². The smallest absolute Gasteiger partial charge is 0.253 e. The van der Waals surface area contributed by atoms with Gasteiger partial charge in [-0.25, -0.2) is 14.6 Å². The number of aromatic nitrogens is 4. The maximum atomic E-state index is 12.8. The van der Waals surface area contributed by atoms with E-state index in [2.05, 4.69) is 42.6 Å². The van der Waals surface area contributed by atoms with Gasteiger partial charge in [0.1, 0.15) is 11.6 Å². The number of carbonyl (C=O) groups is 1. The first-order valence-electron chi connectivity index (χ1n) is 9.60. The van der Waals surface area contributed by atoms with Crippen LogP contribution in [0.3, 0.4) is 0 Å². The maximum Gasteiger partial charge on any atom is 0.253 e. The summed E-state index contributed by atoms with van der Waals surface area (Å²) in [5.74, 6) is 2.45. The van der Waals surface area contributed by atoms with Gasteiger partial charge in [0.05, 0.1) is 5.69 Å². The predicted molar refractivity (Wildman–Crippen MR) is 121 cm³/mol. The zero-order valence-corrected chi connectivity index (χ0v) is 18.9. The normalized spacial score (nSPS) is 14.3. The molecule has 4 rings (SSSR count). The number of hydrogen-bond donors (Lipinski definition) is 0. The molecule has 1 aliphatic heterocycles. The van der Waals surface area contributed by atoms with Crippen molar-refractivity contribution in [1.29, 1.82) is 0 Å². The molecule has 0 aliphatic carbocycles. The molecule has 1 amide bonds. The lowest BCUT2D eigenvalue weighted by Gasteiger charge is -2.35. The highest BCUT2D eigenvalue weighted by Gasteiger charge is 2.23. The standard InChI is InChI=1S/C21H23IN6O/c1-14-12-15(2)28(25-14)20-13-19(23-16(3)24-20)26-8-10-27(11-9-26)21(29)17-4-6-18(22)7-5-17/h4-7,12-13H,8-11H2,1-3H3. The molecule has 150 valence electrons. The van der Waals surface area contributed by atoms with E-state index in [-0.39, 0.29) is 5.91 Å². The fourth-order valence-electron chi connectivity index (χ4n) is 3.58.